The lowest BCUT2D eigenvalue weighted by Gasteiger charge is -2.42. The van der Waals surface area contributed by atoms with Gasteiger partial charge in [0.2, 0.25) is 0 Å². The molecular weight excluding hydrogens is 332 g/mol. The summed E-state index contributed by atoms with van der Waals surface area (Å²) in [5.74, 6) is -0.610. The highest BCUT2D eigenvalue weighted by Crippen LogP contribution is 2.29. The molecular formula is C17H28O8. The SMILES string of the molecule is C=C[C@@](C)(CC/C=C(\CO)C(=O)OC)O[C@@H]1O[C@H](C)[C@@H](O)[C@H](O)[C@H]1O. The lowest BCUT2D eigenvalue weighted by atomic mass is 9.97. The molecule has 1 heterocycles. The van der Waals surface area contributed by atoms with E-state index in [4.69, 9.17) is 14.6 Å². The Kier molecular flexibility index (Phi) is 8.20. The zero-order chi connectivity index (χ0) is 19.2. The van der Waals surface area contributed by atoms with Gasteiger partial charge in [-0.15, -0.1) is 6.58 Å². The number of methoxy groups -OCH3 is 1. The Morgan fingerprint density at radius 2 is 1.92 bits per heavy atom. The van der Waals surface area contributed by atoms with Gasteiger partial charge in [0.05, 0.1) is 31.0 Å². The van der Waals surface area contributed by atoms with Crippen molar-refractivity contribution >= 4 is 5.97 Å². The van der Waals surface area contributed by atoms with Gasteiger partial charge in [0.25, 0.3) is 0 Å². The molecule has 8 nitrogen and oxygen atoms in total. The molecule has 0 amide bonds. The molecule has 25 heavy (non-hydrogen) atoms. The number of esters is 1. The summed E-state index contributed by atoms with van der Waals surface area (Å²) in [4.78, 5) is 11.4. The van der Waals surface area contributed by atoms with Gasteiger partial charge < -0.3 is 34.6 Å². The largest absolute Gasteiger partial charge is 0.466 e. The first-order valence-corrected chi connectivity index (χ1v) is 8.08. The number of carbonyl (C=O) groups is 1. The van der Waals surface area contributed by atoms with Crippen LogP contribution < -0.4 is 0 Å². The molecule has 0 aromatic heterocycles. The first-order valence-electron chi connectivity index (χ1n) is 8.08. The van der Waals surface area contributed by atoms with E-state index in [0.29, 0.717) is 12.8 Å². The second-order valence-electron chi connectivity index (χ2n) is 6.23. The molecule has 0 saturated carbocycles. The van der Waals surface area contributed by atoms with Crippen LogP contribution >= 0.6 is 0 Å². The van der Waals surface area contributed by atoms with E-state index in [1.54, 1.807) is 13.8 Å². The average Bonchev–Trinajstić information content (AvgIpc) is 2.60. The summed E-state index contributed by atoms with van der Waals surface area (Å²) >= 11 is 0. The molecule has 144 valence electrons. The van der Waals surface area contributed by atoms with Crippen LogP contribution in [0.1, 0.15) is 26.7 Å². The molecule has 1 rings (SSSR count). The van der Waals surface area contributed by atoms with E-state index in [-0.39, 0.29) is 5.57 Å². The normalized spacial score (nSPS) is 32.8. The van der Waals surface area contributed by atoms with Crippen LogP contribution in [0.3, 0.4) is 0 Å². The van der Waals surface area contributed by atoms with Gasteiger partial charge in [-0.25, -0.2) is 4.79 Å². The Bertz CT molecular complexity index is 491. The molecule has 0 aromatic carbocycles. The third-order valence-electron chi connectivity index (χ3n) is 4.27. The molecule has 4 N–H and O–H groups in total. The predicted molar refractivity (Wildman–Crippen MR) is 88.5 cm³/mol. The summed E-state index contributed by atoms with van der Waals surface area (Å²) < 4.78 is 15.7. The Labute approximate surface area is 147 Å². The van der Waals surface area contributed by atoms with Crippen LogP contribution in [-0.2, 0) is 19.0 Å². The van der Waals surface area contributed by atoms with Crippen LogP contribution in [0.5, 0.6) is 0 Å². The maximum Gasteiger partial charge on any atom is 0.335 e. The van der Waals surface area contributed by atoms with Crippen LogP contribution in [-0.4, -0.2) is 76.4 Å². The predicted octanol–water partition coefficient (Wildman–Crippen LogP) is -0.353. The molecule has 0 radical (unpaired) electrons. The highest BCUT2D eigenvalue weighted by atomic mass is 16.7. The van der Waals surface area contributed by atoms with Crippen molar-refractivity contribution < 1.29 is 39.4 Å². The lowest BCUT2D eigenvalue weighted by molar-refractivity contribution is -0.313. The number of rotatable bonds is 8. The number of aliphatic hydroxyl groups excluding tert-OH is 4. The molecule has 0 bridgehead atoms. The minimum Gasteiger partial charge on any atom is -0.466 e. The molecule has 1 aliphatic rings. The van der Waals surface area contributed by atoms with Crippen molar-refractivity contribution in [3.63, 3.8) is 0 Å². The number of ether oxygens (including phenoxy) is 3. The first-order chi connectivity index (χ1) is 11.7. The molecule has 0 unspecified atom stereocenters. The summed E-state index contributed by atoms with van der Waals surface area (Å²) in [6, 6.07) is 0. The summed E-state index contributed by atoms with van der Waals surface area (Å²) in [5.41, 5.74) is -0.796. The van der Waals surface area contributed by atoms with Gasteiger partial charge in [-0.05, 0) is 26.7 Å². The van der Waals surface area contributed by atoms with Crippen LogP contribution in [0.15, 0.2) is 24.3 Å². The number of allylic oxidation sites excluding steroid dienone is 1. The van der Waals surface area contributed by atoms with Crippen molar-refractivity contribution in [2.45, 2.75) is 63.0 Å². The van der Waals surface area contributed by atoms with E-state index in [0.717, 1.165) is 0 Å². The van der Waals surface area contributed by atoms with Crippen LogP contribution in [0.25, 0.3) is 0 Å². The summed E-state index contributed by atoms with van der Waals surface area (Å²) in [5, 5.41) is 38.8. The van der Waals surface area contributed by atoms with Gasteiger partial charge in [-0.2, -0.15) is 0 Å². The Morgan fingerprint density at radius 3 is 2.44 bits per heavy atom. The van der Waals surface area contributed by atoms with Crippen molar-refractivity contribution in [1.82, 2.24) is 0 Å². The number of hydrogen-bond donors (Lipinski definition) is 4. The number of hydrogen-bond acceptors (Lipinski definition) is 8. The zero-order valence-corrected chi connectivity index (χ0v) is 14.8. The Morgan fingerprint density at radius 1 is 1.28 bits per heavy atom. The molecule has 1 fully saturated rings. The van der Waals surface area contributed by atoms with Crippen molar-refractivity contribution in [3.8, 4) is 0 Å². The zero-order valence-electron chi connectivity index (χ0n) is 14.8. The van der Waals surface area contributed by atoms with Gasteiger partial charge in [-0.3, -0.25) is 0 Å². The molecule has 8 heteroatoms. The third kappa shape index (κ3) is 5.60. The molecule has 1 saturated heterocycles. The van der Waals surface area contributed by atoms with Crippen molar-refractivity contribution in [1.29, 1.82) is 0 Å². The van der Waals surface area contributed by atoms with E-state index in [1.165, 1.54) is 19.3 Å². The molecule has 6 atom stereocenters. The molecule has 0 aromatic rings. The maximum atomic E-state index is 11.4. The van der Waals surface area contributed by atoms with Crippen molar-refractivity contribution in [2.75, 3.05) is 13.7 Å². The lowest BCUT2D eigenvalue weighted by Crippen LogP contribution is -2.58. The molecule has 1 aliphatic heterocycles. The van der Waals surface area contributed by atoms with Gasteiger partial charge in [0.1, 0.15) is 18.3 Å². The highest BCUT2D eigenvalue weighted by molar-refractivity contribution is 5.88. The standard InChI is InChI=1S/C17H28O8/c1-5-17(3,8-6-7-11(9-18)15(22)23-4)25-16-14(21)13(20)12(19)10(2)24-16/h5,7,10,12-14,16,18-21H,1,6,8-9H2,2-4H3/b11-7+/t10-,12-,13+,14-,16+,17+/m1/s1. The van der Waals surface area contributed by atoms with Crippen LogP contribution in [0.4, 0.5) is 0 Å². The minimum absolute atomic E-state index is 0.134. The van der Waals surface area contributed by atoms with E-state index in [1.807, 2.05) is 0 Å². The van der Waals surface area contributed by atoms with Crippen LogP contribution in [0, 0.1) is 0 Å². The topological polar surface area (TPSA) is 126 Å². The average molecular weight is 360 g/mol. The van der Waals surface area contributed by atoms with Crippen molar-refractivity contribution in [3.05, 3.63) is 24.3 Å². The summed E-state index contributed by atoms with van der Waals surface area (Å²) in [6.07, 6.45) is -2.05. The monoisotopic (exact) mass is 360 g/mol. The van der Waals surface area contributed by atoms with E-state index >= 15 is 0 Å². The van der Waals surface area contributed by atoms with Crippen molar-refractivity contribution in [2.24, 2.45) is 0 Å². The summed E-state index contributed by atoms with van der Waals surface area (Å²) in [6.45, 7) is 6.54. The first kappa shape index (κ1) is 21.8. The van der Waals surface area contributed by atoms with Crippen LogP contribution in [0.2, 0.25) is 0 Å². The van der Waals surface area contributed by atoms with E-state index < -0.39 is 48.9 Å². The molecule has 0 aliphatic carbocycles. The quantitative estimate of drug-likeness (QED) is 0.263. The van der Waals surface area contributed by atoms with Gasteiger partial charge in [-0.1, -0.05) is 12.2 Å². The summed E-state index contributed by atoms with van der Waals surface area (Å²) in [7, 11) is 1.23. The van der Waals surface area contributed by atoms with Gasteiger partial charge in [0.15, 0.2) is 6.29 Å². The second kappa shape index (κ2) is 9.42. The van der Waals surface area contributed by atoms with E-state index in [9.17, 15) is 20.1 Å². The number of carbonyl (C=O) groups excluding carboxylic acids is 1. The second-order valence-corrected chi connectivity index (χ2v) is 6.23. The minimum atomic E-state index is -1.41. The number of aliphatic hydroxyl groups is 4. The molecule has 0 spiro atoms. The third-order valence-corrected chi connectivity index (χ3v) is 4.27. The highest BCUT2D eigenvalue weighted by Gasteiger charge is 2.44. The fraction of sp³-hybridized carbons (Fsp3) is 0.706. The smallest absolute Gasteiger partial charge is 0.335 e. The Balaban J connectivity index is 2.74. The maximum absolute atomic E-state index is 11.4. The Hall–Kier alpha value is -1.29. The van der Waals surface area contributed by atoms with Gasteiger partial charge >= 0.3 is 5.97 Å². The fourth-order valence-corrected chi connectivity index (χ4v) is 2.46. The fourth-order valence-electron chi connectivity index (χ4n) is 2.46. The van der Waals surface area contributed by atoms with E-state index in [2.05, 4.69) is 11.3 Å². The van der Waals surface area contributed by atoms with Gasteiger partial charge in [0, 0.05) is 0 Å².